The van der Waals surface area contributed by atoms with Gasteiger partial charge in [0.1, 0.15) is 13.2 Å². The van der Waals surface area contributed by atoms with Gasteiger partial charge in [-0.2, -0.15) is 0 Å². The number of quaternary nitrogens is 1. The Balaban J connectivity index is 4.19. The van der Waals surface area contributed by atoms with E-state index < -0.39 is 24.3 Å². The first kappa shape index (κ1) is 65.8. The van der Waals surface area contributed by atoms with Crippen molar-refractivity contribution in [2.24, 2.45) is 0 Å². The van der Waals surface area contributed by atoms with Crippen LogP contribution in [0.5, 0.6) is 0 Å². The van der Waals surface area contributed by atoms with Gasteiger partial charge in [-0.05, 0) is 44.9 Å². The average molecular weight is 963 g/mol. The molecule has 0 N–H and O–H groups in total. The number of unbranched alkanes of at least 4 members (excludes halogenated alkanes) is 35. The molecule has 0 aromatic carbocycles. The summed E-state index contributed by atoms with van der Waals surface area (Å²) in [5.41, 5.74) is 0. The molecule has 0 heterocycles. The Labute approximate surface area is 420 Å². The molecular weight excluding hydrogens is 851 g/mol. The predicted molar refractivity (Wildman–Crippen MR) is 283 cm³/mol. The maximum atomic E-state index is 12.8. The van der Waals surface area contributed by atoms with Crippen molar-refractivity contribution in [1.82, 2.24) is 0 Å². The van der Waals surface area contributed by atoms with Crippen molar-refractivity contribution in [2.75, 3.05) is 47.5 Å². The molecular formula is C59H111NO8. The molecule has 0 aliphatic rings. The normalized spacial score (nSPS) is 12.9. The van der Waals surface area contributed by atoms with Crippen LogP contribution >= 0.6 is 0 Å². The molecule has 0 rings (SSSR count). The van der Waals surface area contributed by atoms with Crippen LogP contribution in [0.2, 0.25) is 0 Å². The summed E-state index contributed by atoms with van der Waals surface area (Å²) in [5.74, 6) is -2.27. The third-order valence-electron chi connectivity index (χ3n) is 13.0. The molecule has 9 heteroatoms. The zero-order valence-electron chi connectivity index (χ0n) is 45.5. The first-order chi connectivity index (χ1) is 33.1. The SMILES string of the molecule is CCCCCC/C=C\C/C=C\CCCCCCCCCC(=O)OC(COC(=O)CCCCCCCCCCCCCCCCCCCCCCCCCCC)COC(OCC[N+](C)(C)C)C(=O)[O-]. The van der Waals surface area contributed by atoms with Crippen molar-refractivity contribution >= 4 is 17.9 Å². The Morgan fingerprint density at radius 3 is 1.18 bits per heavy atom. The lowest BCUT2D eigenvalue weighted by molar-refractivity contribution is -0.870. The van der Waals surface area contributed by atoms with Crippen molar-refractivity contribution < 1.29 is 42.9 Å². The zero-order valence-corrected chi connectivity index (χ0v) is 45.5. The van der Waals surface area contributed by atoms with Crippen LogP contribution < -0.4 is 5.11 Å². The van der Waals surface area contributed by atoms with Gasteiger partial charge in [0.05, 0.1) is 40.3 Å². The van der Waals surface area contributed by atoms with Gasteiger partial charge in [0.25, 0.3) is 0 Å². The molecule has 0 fully saturated rings. The lowest BCUT2D eigenvalue weighted by Gasteiger charge is -2.26. The van der Waals surface area contributed by atoms with Crippen LogP contribution in [0.4, 0.5) is 0 Å². The van der Waals surface area contributed by atoms with E-state index in [2.05, 4.69) is 38.2 Å². The summed E-state index contributed by atoms with van der Waals surface area (Å²) < 4.78 is 22.7. The summed E-state index contributed by atoms with van der Waals surface area (Å²) in [6.07, 6.45) is 56.5. The number of ether oxygens (including phenoxy) is 4. The van der Waals surface area contributed by atoms with Gasteiger partial charge in [-0.15, -0.1) is 0 Å². The second kappa shape index (κ2) is 51.1. The maximum Gasteiger partial charge on any atom is 0.306 e. The van der Waals surface area contributed by atoms with E-state index in [0.717, 1.165) is 51.4 Å². The zero-order chi connectivity index (χ0) is 49.9. The Morgan fingerprint density at radius 1 is 0.441 bits per heavy atom. The molecule has 9 nitrogen and oxygen atoms in total. The van der Waals surface area contributed by atoms with Gasteiger partial charge < -0.3 is 33.3 Å². The highest BCUT2D eigenvalue weighted by atomic mass is 16.7. The minimum atomic E-state index is -1.62. The second-order valence-corrected chi connectivity index (χ2v) is 20.9. The number of hydrogen-bond acceptors (Lipinski definition) is 8. The highest BCUT2D eigenvalue weighted by molar-refractivity contribution is 5.70. The number of likely N-dealkylation sites (N-methyl/N-ethyl adjacent to an activating group) is 1. The van der Waals surface area contributed by atoms with E-state index in [-0.39, 0.29) is 32.2 Å². The van der Waals surface area contributed by atoms with E-state index >= 15 is 0 Å². The molecule has 0 amide bonds. The number of nitrogens with zero attached hydrogens (tertiary/aromatic N) is 1. The lowest BCUT2D eigenvalue weighted by atomic mass is 10.0. The highest BCUT2D eigenvalue weighted by Gasteiger charge is 2.22. The van der Waals surface area contributed by atoms with Gasteiger partial charge in [0.2, 0.25) is 0 Å². The molecule has 0 aromatic rings. The number of carboxylic acid groups (broad SMARTS) is 1. The Hall–Kier alpha value is -2.23. The second-order valence-electron chi connectivity index (χ2n) is 20.9. The third-order valence-corrected chi connectivity index (χ3v) is 13.0. The van der Waals surface area contributed by atoms with E-state index in [1.54, 1.807) is 0 Å². The predicted octanol–water partition coefficient (Wildman–Crippen LogP) is 15.4. The lowest BCUT2D eigenvalue weighted by Crippen LogP contribution is -2.44. The summed E-state index contributed by atoms with van der Waals surface area (Å²) in [7, 11) is 5.92. The molecule has 68 heavy (non-hydrogen) atoms. The van der Waals surface area contributed by atoms with Gasteiger partial charge in [-0.25, -0.2) is 0 Å². The van der Waals surface area contributed by atoms with E-state index in [0.29, 0.717) is 23.9 Å². The highest BCUT2D eigenvalue weighted by Crippen LogP contribution is 2.17. The summed E-state index contributed by atoms with van der Waals surface area (Å²) >= 11 is 0. The van der Waals surface area contributed by atoms with Gasteiger partial charge in [0.15, 0.2) is 12.4 Å². The fourth-order valence-corrected chi connectivity index (χ4v) is 8.45. The fraction of sp³-hybridized carbons (Fsp3) is 0.881. The first-order valence-electron chi connectivity index (χ1n) is 29.0. The number of carbonyl (C=O) groups excluding carboxylic acids is 3. The molecule has 2 unspecified atom stereocenters. The summed E-state index contributed by atoms with van der Waals surface area (Å²) in [6.45, 7) is 4.77. The Morgan fingerprint density at radius 2 is 0.794 bits per heavy atom. The summed E-state index contributed by atoms with van der Waals surface area (Å²) in [6, 6.07) is 0. The van der Waals surface area contributed by atoms with Crippen molar-refractivity contribution in [2.45, 2.75) is 289 Å². The number of hydrogen-bond donors (Lipinski definition) is 0. The van der Waals surface area contributed by atoms with Crippen LogP contribution in [-0.2, 0) is 33.3 Å². The number of rotatable bonds is 54. The summed E-state index contributed by atoms with van der Waals surface area (Å²) in [4.78, 5) is 37.3. The molecule has 0 radical (unpaired) electrons. The molecule has 0 saturated carbocycles. The minimum absolute atomic E-state index is 0.148. The van der Waals surface area contributed by atoms with Crippen molar-refractivity contribution in [3.63, 3.8) is 0 Å². The van der Waals surface area contributed by atoms with Crippen LogP contribution in [-0.4, -0.2) is 82.3 Å². The van der Waals surface area contributed by atoms with E-state index in [1.165, 1.54) is 193 Å². The van der Waals surface area contributed by atoms with Crippen LogP contribution in [0.15, 0.2) is 24.3 Å². The summed E-state index contributed by atoms with van der Waals surface area (Å²) in [5, 5.41) is 11.8. The van der Waals surface area contributed by atoms with Gasteiger partial charge in [-0.3, -0.25) is 9.59 Å². The van der Waals surface area contributed by atoms with Crippen molar-refractivity contribution in [3.8, 4) is 0 Å². The number of esters is 2. The van der Waals surface area contributed by atoms with Gasteiger partial charge >= 0.3 is 11.9 Å². The topological polar surface area (TPSA) is 111 Å². The van der Waals surface area contributed by atoms with E-state index in [1.807, 2.05) is 21.1 Å². The molecule has 400 valence electrons. The van der Waals surface area contributed by atoms with Crippen LogP contribution in [0.3, 0.4) is 0 Å². The molecule has 0 aliphatic heterocycles. The number of aliphatic carboxylic acids is 1. The van der Waals surface area contributed by atoms with E-state index in [4.69, 9.17) is 18.9 Å². The first-order valence-corrected chi connectivity index (χ1v) is 29.0. The molecule has 0 aliphatic carbocycles. The smallest absolute Gasteiger partial charge is 0.306 e. The van der Waals surface area contributed by atoms with Crippen molar-refractivity contribution in [1.29, 1.82) is 0 Å². The number of allylic oxidation sites excluding steroid dienone is 4. The van der Waals surface area contributed by atoms with E-state index in [9.17, 15) is 19.5 Å². The molecule has 0 bridgehead atoms. The number of carboxylic acids is 1. The Bertz CT molecular complexity index is 1170. The minimum Gasteiger partial charge on any atom is -0.545 e. The fourth-order valence-electron chi connectivity index (χ4n) is 8.45. The van der Waals surface area contributed by atoms with Crippen molar-refractivity contribution in [3.05, 3.63) is 24.3 Å². The Kier molecular flexibility index (Phi) is 49.5. The molecule has 2 atom stereocenters. The molecule has 0 aromatic heterocycles. The average Bonchev–Trinajstić information content (AvgIpc) is 3.30. The largest absolute Gasteiger partial charge is 0.545 e. The number of carbonyl (C=O) groups is 3. The maximum absolute atomic E-state index is 12.8. The molecule has 0 spiro atoms. The van der Waals surface area contributed by atoms with Crippen LogP contribution in [0, 0.1) is 0 Å². The van der Waals surface area contributed by atoms with Gasteiger partial charge in [0, 0.05) is 12.8 Å². The standard InChI is InChI=1S/C59H111NO8/c1-6-8-10-12-14-16-18-20-22-24-26-27-28-29-30-31-32-34-35-37-39-41-43-45-47-49-56(61)66-53-55(54-67-59(58(63)64)65-52-51-60(3,4)5)68-57(62)50-48-46-44-42-40-38-36-33-25-23-21-19-17-15-13-11-9-7-2/h17,19,23,25,55,59H,6-16,18,20-22,24,26-54H2,1-5H3/b19-17-,25-23-. The van der Waals surface area contributed by atoms with Crippen LogP contribution in [0.25, 0.3) is 0 Å². The van der Waals surface area contributed by atoms with Crippen LogP contribution in [0.1, 0.15) is 277 Å². The monoisotopic (exact) mass is 962 g/mol. The molecule has 0 saturated heterocycles. The third kappa shape index (κ3) is 51.6. The quantitative estimate of drug-likeness (QED) is 0.0195. The van der Waals surface area contributed by atoms with Gasteiger partial charge in [-0.1, -0.05) is 244 Å².